The quantitative estimate of drug-likeness (QED) is 0.848. The molecule has 0 aromatic heterocycles. The predicted octanol–water partition coefficient (Wildman–Crippen LogP) is 2.93. The van der Waals surface area contributed by atoms with Gasteiger partial charge in [0, 0.05) is 44.6 Å². The molecule has 2 heterocycles. The highest BCUT2D eigenvalue weighted by Gasteiger charge is 2.41. The van der Waals surface area contributed by atoms with Gasteiger partial charge >= 0.3 is 0 Å². The Balaban J connectivity index is 1.56. The Morgan fingerprint density at radius 2 is 2.00 bits per heavy atom. The third-order valence-electron chi connectivity index (χ3n) is 5.62. The van der Waals surface area contributed by atoms with Gasteiger partial charge in [-0.3, -0.25) is 9.69 Å². The number of carbonyl (C=O) groups excluding carboxylic acids is 1. The summed E-state index contributed by atoms with van der Waals surface area (Å²) in [6, 6.07) is 6.54. The van der Waals surface area contributed by atoms with E-state index in [2.05, 4.69) is 11.0 Å². The lowest BCUT2D eigenvalue weighted by Gasteiger charge is -2.48. The normalized spacial score (nSPS) is 24.7. The van der Waals surface area contributed by atoms with Crippen LogP contribution in [0.25, 0.3) is 6.08 Å². The summed E-state index contributed by atoms with van der Waals surface area (Å²) in [5.74, 6) is 0.0233. The molecule has 0 bridgehead atoms. The smallest absolute Gasteiger partial charge is 0.222 e. The highest BCUT2D eigenvalue weighted by molar-refractivity contribution is 5.77. The molecule has 2 fully saturated rings. The van der Waals surface area contributed by atoms with Crippen LogP contribution in [0.1, 0.15) is 37.7 Å². The second kappa shape index (κ2) is 8.78. The molecule has 2 aliphatic heterocycles. The van der Waals surface area contributed by atoms with E-state index < -0.39 is 0 Å². The van der Waals surface area contributed by atoms with E-state index >= 15 is 0 Å². The van der Waals surface area contributed by atoms with E-state index in [-0.39, 0.29) is 23.7 Å². The average molecular weight is 360 g/mol. The summed E-state index contributed by atoms with van der Waals surface area (Å²) in [6.45, 7) is 4.61. The van der Waals surface area contributed by atoms with Crippen molar-refractivity contribution in [2.45, 2.75) is 32.1 Å². The summed E-state index contributed by atoms with van der Waals surface area (Å²) in [6.07, 6.45) is 8.78. The van der Waals surface area contributed by atoms with Crippen LogP contribution in [0.15, 0.2) is 30.3 Å². The molecule has 4 nitrogen and oxygen atoms in total. The maximum atomic E-state index is 13.0. The van der Waals surface area contributed by atoms with Gasteiger partial charge in [0.1, 0.15) is 5.82 Å². The number of aliphatic hydroxyl groups excluding tert-OH is 1. The van der Waals surface area contributed by atoms with E-state index in [0.29, 0.717) is 19.4 Å². The first-order chi connectivity index (χ1) is 12.6. The number of carbonyl (C=O) groups is 1. The zero-order valence-electron chi connectivity index (χ0n) is 15.4. The number of benzene rings is 1. The lowest BCUT2D eigenvalue weighted by Crippen LogP contribution is -2.54. The molecule has 1 amide bonds. The molecule has 1 aromatic carbocycles. The number of rotatable bonds is 6. The zero-order valence-corrected chi connectivity index (χ0v) is 15.4. The Morgan fingerprint density at radius 3 is 2.77 bits per heavy atom. The first-order valence-corrected chi connectivity index (χ1v) is 9.63. The first kappa shape index (κ1) is 19.1. The van der Waals surface area contributed by atoms with Gasteiger partial charge in [0.2, 0.25) is 5.91 Å². The van der Waals surface area contributed by atoms with Crippen molar-refractivity contribution in [3.05, 3.63) is 41.7 Å². The summed E-state index contributed by atoms with van der Waals surface area (Å²) >= 11 is 0. The second-order valence-electron chi connectivity index (χ2n) is 7.69. The molecular formula is C21H29FN2O2. The molecule has 0 radical (unpaired) electrons. The van der Waals surface area contributed by atoms with Gasteiger partial charge in [-0.1, -0.05) is 24.3 Å². The van der Waals surface area contributed by atoms with Crippen LogP contribution >= 0.6 is 0 Å². The van der Waals surface area contributed by atoms with Gasteiger partial charge in [0.05, 0.1) is 0 Å². The molecule has 2 saturated heterocycles. The standard InChI is InChI=1S/C21H29FN2O2/c22-19-7-5-18(6-8-19)4-1-12-23-13-2-10-21(16-23)11-9-20(26)24(17-21)14-3-15-25/h1,4-8,25H,2-3,9-17H2/b4-1+/t21-/m1/s1. The molecule has 5 heteroatoms. The molecular weight excluding hydrogens is 331 g/mol. The van der Waals surface area contributed by atoms with Gasteiger partial charge in [0.15, 0.2) is 0 Å². The summed E-state index contributed by atoms with van der Waals surface area (Å²) in [4.78, 5) is 16.6. The Bertz CT molecular complexity index is 631. The van der Waals surface area contributed by atoms with E-state index in [9.17, 15) is 9.18 Å². The van der Waals surface area contributed by atoms with Gasteiger partial charge in [-0.05, 0) is 49.9 Å². The van der Waals surface area contributed by atoms with Crippen molar-refractivity contribution in [3.63, 3.8) is 0 Å². The van der Waals surface area contributed by atoms with Crippen LogP contribution < -0.4 is 0 Å². The topological polar surface area (TPSA) is 43.8 Å². The second-order valence-corrected chi connectivity index (χ2v) is 7.69. The molecule has 0 unspecified atom stereocenters. The van der Waals surface area contributed by atoms with E-state index in [1.165, 1.54) is 18.6 Å². The van der Waals surface area contributed by atoms with Crippen molar-refractivity contribution < 1.29 is 14.3 Å². The maximum Gasteiger partial charge on any atom is 0.222 e. The molecule has 1 spiro atoms. The van der Waals surface area contributed by atoms with Gasteiger partial charge in [0.25, 0.3) is 0 Å². The molecule has 1 aromatic rings. The minimum Gasteiger partial charge on any atom is -0.396 e. The van der Waals surface area contributed by atoms with Crippen molar-refractivity contribution in [3.8, 4) is 0 Å². The fourth-order valence-corrected chi connectivity index (χ4v) is 4.28. The third-order valence-corrected chi connectivity index (χ3v) is 5.62. The number of likely N-dealkylation sites (tertiary alicyclic amines) is 2. The molecule has 0 aliphatic carbocycles. The van der Waals surface area contributed by atoms with Crippen molar-refractivity contribution in [2.24, 2.45) is 5.41 Å². The SMILES string of the molecule is O=C1CC[C@@]2(CCCN(C/C=C/c3ccc(F)cc3)C2)CN1CCCO. The van der Waals surface area contributed by atoms with Gasteiger partial charge in [-0.25, -0.2) is 4.39 Å². The van der Waals surface area contributed by atoms with Gasteiger partial charge < -0.3 is 10.0 Å². The Labute approximate surface area is 155 Å². The Hall–Kier alpha value is -1.72. The average Bonchev–Trinajstić information content (AvgIpc) is 2.65. The number of amides is 1. The highest BCUT2D eigenvalue weighted by atomic mass is 19.1. The summed E-state index contributed by atoms with van der Waals surface area (Å²) in [7, 11) is 0. The van der Waals surface area contributed by atoms with Crippen LogP contribution in [0.3, 0.4) is 0 Å². The highest BCUT2D eigenvalue weighted by Crippen LogP contribution is 2.38. The Morgan fingerprint density at radius 1 is 1.19 bits per heavy atom. The van der Waals surface area contributed by atoms with Crippen LogP contribution in [0, 0.1) is 11.2 Å². The maximum absolute atomic E-state index is 13.0. The minimum absolute atomic E-state index is 0.136. The summed E-state index contributed by atoms with van der Waals surface area (Å²) in [5, 5.41) is 9.06. The van der Waals surface area contributed by atoms with Crippen molar-refractivity contribution in [2.75, 3.05) is 39.3 Å². The molecule has 0 saturated carbocycles. The van der Waals surface area contributed by atoms with E-state index in [0.717, 1.165) is 44.6 Å². The Kier molecular flexibility index (Phi) is 6.43. The molecule has 1 N–H and O–H groups in total. The number of nitrogens with zero attached hydrogens (tertiary/aromatic N) is 2. The molecule has 1 atom stereocenters. The number of hydrogen-bond donors (Lipinski definition) is 1. The van der Waals surface area contributed by atoms with E-state index in [4.69, 9.17) is 5.11 Å². The van der Waals surface area contributed by atoms with Crippen LogP contribution in [0.4, 0.5) is 4.39 Å². The fraction of sp³-hybridized carbons (Fsp3) is 0.571. The number of halogens is 1. The van der Waals surface area contributed by atoms with Crippen molar-refractivity contribution in [1.29, 1.82) is 0 Å². The third kappa shape index (κ3) is 4.92. The molecule has 3 rings (SSSR count). The van der Waals surface area contributed by atoms with Crippen LogP contribution in [0.5, 0.6) is 0 Å². The van der Waals surface area contributed by atoms with Crippen LogP contribution in [0.2, 0.25) is 0 Å². The number of piperidine rings is 2. The largest absolute Gasteiger partial charge is 0.396 e. The van der Waals surface area contributed by atoms with Crippen molar-refractivity contribution >= 4 is 12.0 Å². The predicted molar refractivity (Wildman–Crippen MR) is 101 cm³/mol. The van der Waals surface area contributed by atoms with Crippen molar-refractivity contribution in [1.82, 2.24) is 9.80 Å². The number of hydrogen-bond acceptors (Lipinski definition) is 3. The van der Waals surface area contributed by atoms with E-state index in [1.807, 2.05) is 11.0 Å². The summed E-state index contributed by atoms with van der Waals surface area (Å²) < 4.78 is 13.0. The fourth-order valence-electron chi connectivity index (χ4n) is 4.28. The van der Waals surface area contributed by atoms with Gasteiger partial charge in [-0.15, -0.1) is 0 Å². The van der Waals surface area contributed by atoms with Crippen LogP contribution in [-0.4, -0.2) is 60.1 Å². The summed E-state index contributed by atoms with van der Waals surface area (Å²) in [5.41, 5.74) is 1.21. The molecule has 2 aliphatic rings. The first-order valence-electron chi connectivity index (χ1n) is 9.63. The lowest BCUT2D eigenvalue weighted by molar-refractivity contribution is -0.139. The van der Waals surface area contributed by atoms with E-state index in [1.54, 1.807) is 12.1 Å². The molecule has 26 heavy (non-hydrogen) atoms. The lowest BCUT2D eigenvalue weighted by atomic mass is 9.73. The van der Waals surface area contributed by atoms with Gasteiger partial charge in [-0.2, -0.15) is 0 Å². The minimum atomic E-state index is -0.210. The number of aliphatic hydroxyl groups is 1. The zero-order chi connectivity index (χ0) is 18.4. The monoisotopic (exact) mass is 360 g/mol. The van der Waals surface area contributed by atoms with Crippen LogP contribution in [-0.2, 0) is 4.79 Å². The molecule has 142 valence electrons.